The minimum atomic E-state index is -1.000. The van der Waals surface area contributed by atoms with Crippen molar-refractivity contribution in [3.05, 3.63) is 58.6 Å². The van der Waals surface area contributed by atoms with E-state index in [0.29, 0.717) is 22.9 Å². The first kappa shape index (κ1) is 16.3. The number of hydrogen-bond acceptors (Lipinski definition) is 3. The zero-order chi connectivity index (χ0) is 17.3. The molecule has 5 nitrogen and oxygen atoms in total. The summed E-state index contributed by atoms with van der Waals surface area (Å²) in [5.41, 5.74) is 1.51. The second-order valence-corrected chi connectivity index (χ2v) is 5.99. The maximum atomic E-state index is 12.7. The average Bonchev–Trinajstić information content (AvgIpc) is 2.57. The van der Waals surface area contributed by atoms with Crippen LogP contribution in [-0.2, 0) is 11.3 Å². The van der Waals surface area contributed by atoms with E-state index in [1.807, 2.05) is 6.92 Å². The van der Waals surface area contributed by atoms with Gasteiger partial charge in [0.1, 0.15) is 5.75 Å². The van der Waals surface area contributed by atoms with E-state index in [9.17, 15) is 9.59 Å². The van der Waals surface area contributed by atoms with Crippen molar-refractivity contribution >= 4 is 29.2 Å². The van der Waals surface area contributed by atoms with E-state index < -0.39 is 12.1 Å². The highest BCUT2D eigenvalue weighted by atomic mass is 35.5. The van der Waals surface area contributed by atoms with Crippen LogP contribution < -0.4 is 9.64 Å². The Morgan fingerprint density at radius 1 is 1.29 bits per heavy atom. The molecule has 6 heteroatoms. The predicted molar refractivity (Wildman–Crippen MR) is 90.8 cm³/mol. The molecular formula is C18H16ClNO4. The van der Waals surface area contributed by atoms with Crippen LogP contribution in [0, 0.1) is 0 Å². The van der Waals surface area contributed by atoms with Crippen molar-refractivity contribution in [3.8, 4) is 5.75 Å². The predicted octanol–water partition coefficient (Wildman–Crippen LogP) is 3.74. The molecule has 0 fully saturated rings. The molecule has 0 bridgehead atoms. The lowest BCUT2D eigenvalue weighted by molar-refractivity contribution is -0.126. The van der Waals surface area contributed by atoms with E-state index >= 15 is 0 Å². The van der Waals surface area contributed by atoms with Crippen molar-refractivity contribution in [2.75, 3.05) is 4.90 Å². The molecule has 24 heavy (non-hydrogen) atoms. The first-order chi connectivity index (χ1) is 11.5. The van der Waals surface area contributed by atoms with E-state index in [4.69, 9.17) is 21.4 Å². The van der Waals surface area contributed by atoms with Crippen LogP contribution >= 0.6 is 11.6 Å². The van der Waals surface area contributed by atoms with Crippen LogP contribution in [0.4, 0.5) is 5.69 Å². The highest BCUT2D eigenvalue weighted by molar-refractivity contribution is 6.31. The molecule has 1 atom stereocenters. The number of halogens is 1. The maximum absolute atomic E-state index is 12.7. The van der Waals surface area contributed by atoms with Gasteiger partial charge in [-0.3, -0.25) is 4.79 Å². The Bertz CT molecular complexity index is 805. The molecule has 1 aliphatic heterocycles. The van der Waals surface area contributed by atoms with Gasteiger partial charge in [0.2, 0.25) is 0 Å². The number of carbonyl (C=O) groups is 2. The van der Waals surface area contributed by atoms with Crippen LogP contribution in [-0.4, -0.2) is 23.1 Å². The van der Waals surface area contributed by atoms with E-state index in [2.05, 4.69) is 0 Å². The minimum absolute atomic E-state index is 0.159. The number of hydrogen-bond donors (Lipinski definition) is 1. The third-order valence-corrected chi connectivity index (χ3v) is 4.14. The Morgan fingerprint density at radius 3 is 2.79 bits per heavy atom. The monoisotopic (exact) mass is 345 g/mol. The summed E-state index contributed by atoms with van der Waals surface area (Å²) >= 11 is 6.06. The van der Waals surface area contributed by atoms with Crippen molar-refractivity contribution in [2.24, 2.45) is 0 Å². The third-order valence-electron chi connectivity index (χ3n) is 3.91. The number of carboxylic acid groups (broad SMARTS) is 1. The molecule has 0 radical (unpaired) electrons. The van der Waals surface area contributed by atoms with Crippen LogP contribution in [0.3, 0.4) is 0 Å². The van der Waals surface area contributed by atoms with E-state index in [-0.39, 0.29) is 18.0 Å². The Hall–Kier alpha value is -2.53. The minimum Gasteiger partial charge on any atom is -0.478 e. The van der Waals surface area contributed by atoms with Gasteiger partial charge in [0, 0.05) is 5.02 Å². The van der Waals surface area contributed by atoms with Crippen molar-refractivity contribution in [3.63, 3.8) is 0 Å². The number of nitrogens with zero attached hydrogens (tertiary/aromatic N) is 1. The van der Waals surface area contributed by atoms with Crippen molar-refractivity contribution in [1.29, 1.82) is 0 Å². The summed E-state index contributed by atoms with van der Waals surface area (Å²) < 4.78 is 5.73. The number of amides is 1. The summed E-state index contributed by atoms with van der Waals surface area (Å²) in [5, 5.41) is 9.63. The topological polar surface area (TPSA) is 66.8 Å². The fourth-order valence-electron chi connectivity index (χ4n) is 2.70. The van der Waals surface area contributed by atoms with Gasteiger partial charge in [0.15, 0.2) is 6.10 Å². The van der Waals surface area contributed by atoms with Gasteiger partial charge in [-0.25, -0.2) is 4.79 Å². The number of carbonyl (C=O) groups excluding carboxylic acids is 1. The molecule has 0 aliphatic carbocycles. The lowest BCUT2D eigenvalue weighted by Gasteiger charge is -2.34. The molecule has 124 valence electrons. The molecule has 1 unspecified atom stereocenters. The largest absolute Gasteiger partial charge is 0.478 e. The van der Waals surface area contributed by atoms with E-state index in [1.165, 1.54) is 6.07 Å². The van der Waals surface area contributed by atoms with Crippen molar-refractivity contribution in [2.45, 2.75) is 26.0 Å². The lowest BCUT2D eigenvalue weighted by atomic mass is 10.1. The van der Waals surface area contributed by atoms with Gasteiger partial charge < -0.3 is 14.7 Å². The normalized spacial score (nSPS) is 16.5. The molecule has 3 rings (SSSR count). The van der Waals surface area contributed by atoms with E-state index in [1.54, 1.807) is 41.3 Å². The summed E-state index contributed by atoms with van der Waals surface area (Å²) in [6, 6.07) is 11.7. The third kappa shape index (κ3) is 3.08. The van der Waals surface area contributed by atoms with E-state index in [0.717, 1.165) is 5.56 Å². The summed E-state index contributed by atoms with van der Waals surface area (Å²) in [7, 11) is 0. The number of aromatic carboxylic acids is 1. The first-order valence-corrected chi connectivity index (χ1v) is 7.97. The number of anilines is 1. The van der Waals surface area contributed by atoms with Gasteiger partial charge >= 0.3 is 5.97 Å². The molecule has 1 amide bonds. The van der Waals surface area contributed by atoms with Gasteiger partial charge in [0.05, 0.1) is 17.8 Å². The zero-order valence-electron chi connectivity index (χ0n) is 13.0. The van der Waals surface area contributed by atoms with Gasteiger partial charge in [0.25, 0.3) is 5.91 Å². The Morgan fingerprint density at radius 2 is 2.08 bits per heavy atom. The van der Waals surface area contributed by atoms with Gasteiger partial charge in [-0.2, -0.15) is 0 Å². The number of ether oxygens (including phenoxy) is 1. The average molecular weight is 346 g/mol. The fraction of sp³-hybridized carbons (Fsp3) is 0.222. The molecule has 2 aromatic carbocycles. The quantitative estimate of drug-likeness (QED) is 0.916. The van der Waals surface area contributed by atoms with Crippen LogP contribution in [0.1, 0.15) is 29.3 Å². The molecule has 1 N–H and O–H groups in total. The molecule has 0 spiro atoms. The zero-order valence-corrected chi connectivity index (χ0v) is 13.8. The Labute approximate surface area is 144 Å². The molecule has 0 saturated carbocycles. The molecule has 1 heterocycles. The molecule has 0 saturated heterocycles. The second-order valence-electron chi connectivity index (χ2n) is 5.56. The van der Waals surface area contributed by atoms with Crippen LogP contribution in [0.5, 0.6) is 5.75 Å². The lowest BCUT2D eigenvalue weighted by Crippen LogP contribution is -2.45. The second kappa shape index (κ2) is 6.53. The van der Waals surface area contributed by atoms with Crippen LogP contribution in [0.25, 0.3) is 0 Å². The molecule has 0 aromatic heterocycles. The highest BCUT2D eigenvalue weighted by Gasteiger charge is 2.33. The smallest absolute Gasteiger partial charge is 0.335 e. The highest BCUT2D eigenvalue weighted by Crippen LogP contribution is 2.37. The molecule has 1 aliphatic rings. The number of fused-ring (bicyclic) bond motifs is 1. The van der Waals surface area contributed by atoms with Crippen molar-refractivity contribution < 1.29 is 19.4 Å². The van der Waals surface area contributed by atoms with Crippen LogP contribution in [0.15, 0.2) is 42.5 Å². The standard InChI is InChI=1S/C18H16ClNO4/c1-2-15-17(21)20(14-9-13(19)6-7-16(14)24-15)10-11-4-3-5-12(8-11)18(22)23/h3-9,15H,2,10H2,1H3,(H,22,23). The SMILES string of the molecule is CCC1Oc2ccc(Cl)cc2N(Cc2cccc(C(=O)O)c2)C1=O. The summed E-state index contributed by atoms with van der Waals surface area (Å²) in [6.45, 7) is 2.14. The number of rotatable bonds is 4. The summed E-state index contributed by atoms with van der Waals surface area (Å²) in [5.74, 6) is -0.562. The number of carboxylic acids is 1. The first-order valence-electron chi connectivity index (χ1n) is 7.59. The molecule has 2 aromatic rings. The summed E-state index contributed by atoms with van der Waals surface area (Å²) in [4.78, 5) is 25.4. The summed E-state index contributed by atoms with van der Waals surface area (Å²) in [6.07, 6.45) is -0.00614. The van der Waals surface area contributed by atoms with Crippen molar-refractivity contribution in [1.82, 2.24) is 0 Å². The van der Waals surface area contributed by atoms with Gasteiger partial charge in [-0.15, -0.1) is 0 Å². The van der Waals surface area contributed by atoms with Gasteiger partial charge in [-0.1, -0.05) is 30.7 Å². The van der Waals surface area contributed by atoms with Crippen LogP contribution in [0.2, 0.25) is 5.02 Å². The Balaban J connectivity index is 1.99. The number of benzene rings is 2. The molecular weight excluding hydrogens is 330 g/mol. The fourth-order valence-corrected chi connectivity index (χ4v) is 2.87. The van der Waals surface area contributed by atoms with Gasteiger partial charge in [-0.05, 0) is 42.3 Å². The Kier molecular flexibility index (Phi) is 4.44. The maximum Gasteiger partial charge on any atom is 0.335 e.